The predicted octanol–water partition coefficient (Wildman–Crippen LogP) is 2.09. The van der Waals surface area contributed by atoms with Crippen LogP contribution in [-0.2, 0) is 16.6 Å². The topological polar surface area (TPSA) is 90.0 Å². The molecule has 2 aromatic rings. The van der Waals surface area contributed by atoms with Gasteiger partial charge in [0.05, 0.1) is 28.5 Å². The molecule has 0 saturated heterocycles. The van der Waals surface area contributed by atoms with Gasteiger partial charge in [0.2, 0.25) is 0 Å². The third kappa shape index (κ3) is 3.65. The Kier molecular flexibility index (Phi) is 4.72. The molecule has 114 valence electrons. The third-order valence-corrected chi connectivity index (χ3v) is 4.40. The predicted molar refractivity (Wildman–Crippen MR) is 78.5 cm³/mol. The highest BCUT2D eigenvalue weighted by Crippen LogP contribution is 2.28. The van der Waals surface area contributed by atoms with E-state index in [0.29, 0.717) is 13.1 Å². The molecule has 2 rings (SSSR count). The van der Waals surface area contributed by atoms with E-state index in [0.717, 1.165) is 12.1 Å². The minimum absolute atomic E-state index is 0.0486. The van der Waals surface area contributed by atoms with E-state index in [4.69, 9.17) is 28.9 Å². The zero-order chi connectivity index (χ0) is 15.6. The Balaban J connectivity index is 2.28. The fourth-order valence-electron chi connectivity index (χ4n) is 1.57. The molecule has 0 unspecified atom stereocenters. The first-order valence-corrected chi connectivity index (χ1v) is 7.97. The molecule has 6 nitrogen and oxygen atoms in total. The third-order valence-electron chi connectivity index (χ3n) is 2.51. The Morgan fingerprint density at radius 3 is 2.52 bits per heavy atom. The number of benzene rings is 1. The van der Waals surface area contributed by atoms with Crippen molar-refractivity contribution < 1.29 is 12.8 Å². The molecule has 21 heavy (non-hydrogen) atoms. The molecule has 0 saturated carbocycles. The minimum Gasteiger partial charge on any atom is -0.329 e. The number of nitrogens with one attached hydrogen (secondary N) is 1. The normalized spacial score (nSPS) is 11.6. The van der Waals surface area contributed by atoms with Gasteiger partial charge in [-0.1, -0.05) is 23.2 Å². The molecule has 0 bridgehead atoms. The van der Waals surface area contributed by atoms with E-state index in [-0.39, 0.29) is 20.6 Å². The Bertz CT molecular complexity index is 740. The zero-order valence-electron chi connectivity index (χ0n) is 10.6. The molecule has 1 aromatic heterocycles. The lowest BCUT2D eigenvalue weighted by molar-refractivity contribution is 0.599. The number of hydrogen-bond donors (Lipinski definition) is 2. The van der Waals surface area contributed by atoms with Crippen molar-refractivity contribution in [3.8, 4) is 0 Å². The lowest BCUT2D eigenvalue weighted by Gasteiger charge is -2.08. The van der Waals surface area contributed by atoms with Crippen molar-refractivity contribution in [1.29, 1.82) is 0 Å². The fraction of sp³-hybridized carbons (Fsp3) is 0.182. The Morgan fingerprint density at radius 2 is 1.95 bits per heavy atom. The maximum atomic E-state index is 13.3. The summed E-state index contributed by atoms with van der Waals surface area (Å²) in [6.07, 6.45) is 2.52. The number of nitrogens with two attached hydrogens (primary N) is 1. The lowest BCUT2D eigenvalue weighted by Crippen LogP contribution is -2.13. The second-order valence-electron chi connectivity index (χ2n) is 4.09. The van der Waals surface area contributed by atoms with E-state index >= 15 is 0 Å². The van der Waals surface area contributed by atoms with Gasteiger partial charge in [0.1, 0.15) is 4.90 Å². The second-order valence-corrected chi connectivity index (χ2v) is 6.58. The quantitative estimate of drug-likeness (QED) is 0.806. The molecular formula is C11H11Cl2FN4O2S. The van der Waals surface area contributed by atoms with Crippen LogP contribution < -0.4 is 10.5 Å². The number of anilines is 1. The summed E-state index contributed by atoms with van der Waals surface area (Å²) in [5.74, 6) is -0.808. The van der Waals surface area contributed by atoms with E-state index < -0.39 is 15.8 Å². The Labute approximate surface area is 130 Å². The molecule has 0 spiro atoms. The summed E-state index contributed by atoms with van der Waals surface area (Å²) in [4.78, 5) is -0.0486. The van der Waals surface area contributed by atoms with Crippen molar-refractivity contribution in [2.24, 2.45) is 5.73 Å². The summed E-state index contributed by atoms with van der Waals surface area (Å²) in [5.41, 5.74) is 5.41. The van der Waals surface area contributed by atoms with Gasteiger partial charge in [-0.15, -0.1) is 0 Å². The summed E-state index contributed by atoms with van der Waals surface area (Å²) in [6.45, 7) is 0.724. The average Bonchev–Trinajstić information content (AvgIpc) is 2.85. The standard InChI is InChI=1S/C11H11Cl2FN4O2S/c12-9-3-7(4-10(13)11(9)14)17-21(19,20)8-5-16-18(6-8)2-1-15/h3-6,17H,1-2,15H2. The van der Waals surface area contributed by atoms with Crippen LogP contribution in [0.3, 0.4) is 0 Å². The number of halogens is 3. The molecule has 0 radical (unpaired) electrons. The van der Waals surface area contributed by atoms with Gasteiger partial charge in [0.15, 0.2) is 5.82 Å². The van der Waals surface area contributed by atoms with Crippen LogP contribution in [0.1, 0.15) is 0 Å². The molecule has 3 N–H and O–H groups in total. The van der Waals surface area contributed by atoms with Crippen LogP contribution >= 0.6 is 23.2 Å². The van der Waals surface area contributed by atoms with Crippen molar-refractivity contribution in [1.82, 2.24) is 9.78 Å². The molecule has 0 aliphatic carbocycles. The van der Waals surface area contributed by atoms with Crippen LogP contribution in [0.15, 0.2) is 29.4 Å². The van der Waals surface area contributed by atoms with E-state index in [2.05, 4.69) is 9.82 Å². The van der Waals surface area contributed by atoms with Crippen LogP contribution in [-0.4, -0.2) is 24.7 Å². The SMILES string of the molecule is NCCn1cc(S(=O)(=O)Nc2cc(Cl)c(F)c(Cl)c2)cn1. The summed E-state index contributed by atoms with van der Waals surface area (Å²) >= 11 is 11.2. The van der Waals surface area contributed by atoms with E-state index in [9.17, 15) is 12.8 Å². The number of rotatable bonds is 5. The monoisotopic (exact) mass is 352 g/mol. The van der Waals surface area contributed by atoms with Crippen LogP contribution in [0.4, 0.5) is 10.1 Å². The molecule has 0 amide bonds. The first-order chi connectivity index (χ1) is 9.83. The summed E-state index contributed by atoms with van der Waals surface area (Å²) in [6, 6.07) is 2.26. The highest BCUT2D eigenvalue weighted by atomic mass is 35.5. The first kappa shape index (κ1) is 16.0. The van der Waals surface area contributed by atoms with Crippen molar-refractivity contribution in [2.45, 2.75) is 11.4 Å². The number of nitrogens with zero attached hydrogens (tertiary/aromatic N) is 2. The van der Waals surface area contributed by atoms with Crippen LogP contribution in [0.5, 0.6) is 0 Å². The molecule has 10 heteroatoms. The minimum atomic E-state index is -3.87. The molecule has 1 aromatic carbocycles. The zero-order valence-corrected chi connectivity index (χ0v) is 12.9. The van der Waals surface area contributed by atoms with Gasteiger partial charge >= 0.3 is 0 Å². The Hall–Kier alpha value is -1.35. The molecule has 0 aliphatic heterocycles. The van der Waals surface area contributed by atoms with Gasteiger partial charge in [0, 0.05) is 12.7 Å². The lowest BCUT2D eigenvalue weighted by atomic mass is 10.3. The number of sulfonamides is 1. The first-order valence-electron chi connectivity index (χ1n) is 5.73. The van der Waals surface area contributed by atoms with Crippen molar-refractivity contribution in [3.63, 3.8) is 0 Å². The van der Waals surface area contributed by atoms with Crippen molar-refractivity contribution >= 4 is 38.9 Å². The molecule has 1 heterocycles. The van der Waals surface area contributed by atoms with Gasteiger partial charge in [-0.2, -0.15) is 5.10 Å². The van der Waals surface area contributed by atoms with Crippen LogP contribution in [0, 0.1) is 5.82 Å². The van der Waals surface area contributed by atoms with Crippen LogP contribution in [0.25, 0.3) is 0 Å². The molecule has 0 atom stereocenters. The highest BCUT2D eigenvalue weighted by molar-refractivity contribution is 7.92. The fourth-order valence-corrected chi connectivity index (χ4v) is 3.05. The average molecular weight is 353 g/mol. The van der Waals surface area contributed by atoms with Crippen LogP contribution in [0.2, 0.25) is 10.0 Å². The van der Waals surface area contributed by atoms with E-state index in [1.807, 2.05) is 0 Å². The highest BCUT2D eigenvalue weighted by Gasteiger charge is 2.18. The number of aromatic nitrogens is 2. The Morgan fingerprint density at radius 1 is 1.33 bits per heavy atom. The summed E-state index contributed by atoms with van der Waals surface area (Å²) in [5, 5.41) is 3.31. The number of hydrogen-bond acceptors (Lipinski definition) is 4. The maximum absolute atomic E-state index is 13.3. The maximum Gasteiger partial charge on any atom is 0.265 e. The van der Waals surface area contributed by atoms with Crippen molar-refractivity contribution in [2.75, 3.05) is 11.3 Å². The summed E-state index contributed by atoms with van der Waals surface area (Å²) < 4.78 is 41.2. The molecule has 0 aliphatic rings. The van der Waals surface area contributed by atoms with Gasteiger partial charge in [-0.05, 0) is 12.1 Å². The molecule has 0 fully saturated rings. The van der Waals surface area contributed by atoms with Gasteiger partial charge in [0.25, 0.3) is 10.0 Å². The van der Waals surface area contributed by atoms with E-state index in [1.54, 1.807) is 0 Å². The largest absolute Gasteiger partial charge is 0.329 e. The van der Waals surface area contributed by atoms with Crippen molar-refractivity contribution in [3.05, 3.63) is 40.4 Å². The molecular weight excluding hydrogens is 342 g/mol. The van der Waals surface area contributed by atoms with E-state index in [1.165, 1.54) is 17.1 Å². The van der Waals surface area contributed by atoms with Gasteiger partial charge in [-0.25, -0.2) is 12.8 Å². The van der Waals surface area contributed by atoms with Gasteiger partial charge in [-0.3, -0.25) is 9.40 Å². The summed E-state index contributed by atoms with van der Waals surface area (Å²) in [7, 11) is -3.87. The second kappa shape index (κ2) is 6.18. The smallest absolute Gasteiger partial charge is 0.265 e. The van der Waals surface area contributed by atoms with Gasteiger partial charge < -0.3 is 5.73 Å².